The number of benzene rings is 1. The quantitative estimate of drug-likeness (QED) is 0.833. The average Bonchev–Trinajstić information content (AvgIpc) is 2.41. The van der Waals surface area contributed by atoms with Crippen molar-refractivity contribution in [2.45, 2.75) is 25.8 Å². The van der Waals surface area contributed by atoms with Crippen LogP contribution in [-0.4, -0.2) is 22.8 Å². The second-order valence-corrected chi connectivity index (χ2v) is 4.71. The number of carbonyl (C=O) groups excluding carboxylic acids is 2. The summed E-state index contributed by atoms with van der Waals surface area (Å²) < 4.78 is 5.24. The molecule has 1 aromatic rings. The van der Waals surface area contributed by atoms with Crippen LogP contribution in [-0.2, 0) is 4.79 Å². The van der Waals surface area contributed by atoms with E-state index < -0.39 is 6.09 Å². The van der Waals surface area contributed by atoms with Crippen LogP contribution in [0.5, 0.6) is 5.75 Å². The van der Waals surface area contributed by atoms with Gasteiger partial charge < -0.3 is 4.74 Å². The minimum Gasteiger partial charge on any atom is -0.410 e. The Kier molecular flexibility index (Phi) is 4.22. The van der Waals surface area contributed by atoms with Crippen LogP contribution < -0.4 is 4.74 Å². The van der Waals surface area contributed by atoms with Crippen LogP contribution in [0.4, 0.5) is 4.79 Å². The fraction of sp³-hybridized carbons (Fsp3) is 0.286. The van der Waals surface area contributed by atoms with Crippen LogP contribution in [0.2, 0.25) is 5.02 Å². The highest BCUT2D eigenvalue weighted by molar-refractivity contribution is 6.30. The second kappa shape index (κ2) is 5.89. The molecule has 0 N–H and O–H groups in total. The molecule has 4 nitrogen and oxygen atoms in total. The molecule has 0 aliphatic carbocycles. The van der Waals surface area contributed by atoms with Gasteiger partial charge in [-0.2, -0.15) is 0 Å². The molecule has 0 radical (unpaired) electrons. The Labute approximate surface area is 116 Å². The fourth-order valence-electron chi connectivity index (χ4n) is 1.89. The van der Waals surface area contributed by atoms with E-state index in [1.165, 1.54) is 17.2 Å². The Hall–Kier alpha value is -1.81. The van der Waals surface area contributed by atoms with Gasteiger partial charge in [-0.15, -0.1) is 0 Å². The van der Waals surface area contributed by atoms with Crippen molar-refractivity contribution in [2.24, 2.45) is 0 Å². The summed E-state index contributed by atoms with van der Waals surface area (Å²) in [7, 11) is 0. The molecule has 0 saturated heterocycles. The van der Waals surface area contributed by atoms with E-state index in [9.17, 15) is 9.59 Å². The van der Waals surface area contributed by atoms with E-state index in [0.29, 0.717) is 23.6 Å². The summed E-state index contributed by atoms with van der Waals surface area (Å²) in [5, 5.41) is 0.578. The molecule has 1 aliphatic heterocycles. The Balaban J connectivity index is 2.08. The second-order valence-electron chi connectivity index (χ2n) is 4.28. The summed E-state index contributed by atoms with van der Waals surface area (Å²) in [4.78, 5) is 24.8. The number of halogens is 1. The number of allylic oxidation sites excluding steroid dienone is 1. The molecule has 1 amide bonds. The Bertz CT molecular complexity index is 510. The maximum Gasteiger partial charge on any atom is 0.419 e. The van der Waals surface area contributed by atoms with E-state index >= 15 is 0 Å². The monoisotopic (exact) mass is 279 g/mol. The molecule has 1 heterocycles. The lowest BCUT2D eigenvalue weighted by Crippen LogP contribution is -2.41. The maximum absolute atomic E-state index is 12.0. The van der Waals surface area contributed by atoms with Gasteiger partial charge in [0.15, 0.2) is 5.78 Å². The van der Waals surface area contributed by atoms with Gasteiger partial charge in [0, 0.05) is 23.7 Å². The van der Waals surface area contributed by atoms with Crippen molar-refractivity contribution in [1.29, 1.82) is 0 Å². The average molecular weight is 280 g/mol. The van der Waals surface area contributed by atoms with E-state index in [0.717, 1.165) is 0 Å². The first-order chi connectivity index (χ1) is 9.10. The molecule has 0 saturated carbocycles. The summed E-state index contributed by atoms with van der Waals surface area (Å²) in [5.41, 5.74) is 0. The summed E-state index contributed by atoms with van der Waals surface area (Å²) in [6, 6.07) is 6.41. The van der Waals surface area contributed by atoms with Gasteiger partial charge in [-0.05, 0) is 36.8 Å². The molecule has 0 fully saturated rings. The maximum atomic E-state index is 12.0. The molecule has 1 atom stereocenters. The van der Waals surface area contributed by atoms with Gasteiger partial charge in [-0.1, -0.05) is 18.5 Å². The van der Waals surface area contributed by atoms with Crippen molar-refractivity contribution >= 4 is 23.5 Å². The van der Waals surface area contributed by atoms with Crippen LogP contribution in [0.1, 0.15) is 19.8 Å². The van der Waals surface area contributed by atoms with Crippen LogP contribution >= 0.6 is 11.6 Å². The summed E-state index contributed by atoms with van der Waals surface area (Å²) in [6.45, 7) is 1.93. The van der Waals surface area contributed by atoms with E-state index in [1.54, 1.807) is 24.3 Å². The lowest BCUT2D eigenvalue weighted by Gasteiger charge is -2.29. The molecule has 0 aromatic heterocycles. The van der Waals surface area contributed by atoms with Gasteiger partial charge in [0.1, 0.15) is 5.75 Å². The highest BCUT2D eigenvalue weighted by atomic mass is 35.5. The Morgan fingerprint density at radius 3 is 2.74 bits per heavy atom. The van der Waals surface area contributed by atoms with Crippen molar-refractivity contribution in [3.8, 4) is 5.75 Å². The topological polar surface area (TPSA) is 46.6 Å². The standard InChI is InChI=1S/C14H14ClNO3/c1-2-11-9-12(17)7-8-16(11)14(18)19-13-5-3-10(15)4-6-13/h3-8,11H,2,9H2,1H3/t11-/m0/s1. The predicted octanol–water partition coefficient (Wildman–Crippen LogP) is 3.41. The first kappa shape index (κ1) is 13.6. The number of rotatable bonds is 2. The molecule has 2 rings (SSSR count). The first-order valence-electron chi connectivity index (χ1n) is 6.07. The molecular formula is C14H14ClNO3. The zero-order valence-electron chi connectivity index (χ0n) is 10.5. The number of ether oxygens (including phenoxy) is 1. The van der Waals surface area contributed by atoms with Crippen LogP contribution in [0.3, 0.4) is 0 Å². The van der Waals surface area contributed by atoms with Gasteiger partial charge in [0.25, 0.3) is 0 Å². The zero-order chi connectivity index (χ0) is 13.8. The SMILES string of the molecule is CC[C@H]1CC(=O)C=CN1C(=O)Oc1ccc(Cl)cc1. The number of nitrogens with zero attached hydrogens (tertiary/aromatic N) is 1. The number of amides is 1. The van der Waals surface area contributed by atoms with Gasteiger partial charge in [-0.3, -0.25) is 9.69 Å². The number of carbonyl (C=O) groups is 2. The van der Waals surface area contributed by atoms with Crippen molar-refractivity contribution < 1.29 is 14.3 Å². The van der Waals surface area contributed by atoms with Crippen LogP contribution in [0.25, 0.3) is 0 Å². The minimum absolute atomic E-state index is 0.0300. The first-order valence-corrected chi connectivity index (χ1v) is 6.44. The lowest BCUT2D eigenvalue weighted by molar-refractivity contribution is -0.116. The third-order valence-electron chi connectivity index (χ3n) is 2.95. The molecule has 0 unspecified atom stereocenters. The van der Waals surface area contributed by atoms with Crippen molar-refractivity contribution in [1.82, 2.24) is 4.90 Å². The fourth-order valence-corrected chi connectivity index (χ4v) is 2.02. The van der Waals surface area contributed by atoms with Gasteiger partial charge in [0.2, 0.25) is 0 Å². The van der Waals surface area contributed by atoms with Crippen molar-refractivity contribution in [2.75, 3.05) is 0 Å². The van der Waals surface area contributed by atoms with Gasteiger partial charge in [-0.25, -0.2) is 4.79 Å². The largest absolute Gasteiger partial charge is 0.419 e. The zero-order valence-corrected chi connectivity index (χ0v) is 11.3. The summed E-state index contributed by atoms with van der Waals surface area (Å²) in [6.07, 6.45) is 3.43. The number of hydrogen-bond acceptors (Lipinski definition) is 3. The van der Waals surface area contributed by atoms with Crippen LogP contribution in [0, 0.1) is 0 Å². The molecular weight excluding hydrogens is 266 g/mol. The molecule has 1 aromatic carbocycles. The van der Waals surface area contributed by atoms with E-state index in [-0.39, 0.29) is 11.8 Å². The Morgan fingerprint density at radius 2 is 2.11 bits per heavy atom. The molecule has 0 bridgehead atoms. The molecule has 1 aliphatic rings. The number of hydrogen-bond donors (Lipinski definition) is 0. The molecule has 19 heavy (non-hydrogen) atoms. The molecule has 5 heteroatoms. The smallest absolute Gasteiger partial charge is 0.410 e. The predicted molar refractivity (Wildman–Crippen MR) is 72.2 cm³/mol. The third-order valence-corrected chi connectivity index (χ3v) is 3.20. The molecule has 0 spiro atoms. The van der Waals surface area contributed by atoms with Gasteiger partial charge >= 0.3 is 6.09 Å². The third kappa shape index (κ3) is 3.35. The minimum atomic E-state index is -0.488. The van der Waals surface area contributed by atoms with Gasteiger partial charge in [0.05, 0.1) is 0 Å². The molecule has 100 valence electrons. The van der Waals surface area contributed by atoms with E-state index in [2.05, 4.69) is 0 Å². The van der Waals surface area contributed by atoms with Crippen molar-refractivity contribution in [3.05, 3.63) is 41.6 Å². The van der Waals surface area contributed by atoms with E-state index in [4.69, 9.17) is 16.3 Å². The van der Waals surface area contributed by atoms with Crippen LogP contribution in [0.15, 0.2) is 36.5 Å². The lowest BCUT2D eigenvalue weighted by atomic mass is 10.0. The summed E-state index contributed by atoms with van der Waals surface area (Å²) >= 11 is 5.76. The Morgan fingerprint density at radius 1 is 1.42 bits per heavy atom. The highest BCUT2D eigenvalue weighted by Gasteiger charge is 2.27. The normalized spacial score (nSPS) is 18.5. The number of ketones is 1. The highest BCUT2D eigenvalue weighted by Crippen LogP contribution is 2.20. The van der Waals surface area contributed by atoms with E-state index in [1.807, 2.05) is 6.92 Å². The van der Waals surface area contributed by atoms with Crippen molar-refractivity contribution in [3.63, 3.8) is 0 Å². The summed E-state index contributed by atoms with van der Waals surface area (Å²) in [5.74, 6) is 0.456.